The van der Waals surface area contributed by atoms with Gasteiger partial charge in [0.25, 0.3) is 0 Å². The first kappa shape index (κ1) is 78.1. The van der Waals surface area contributed by atoms with Gasteiger partial charge < -0.3 is 55.6 Å². The van der Waals surface area contributed by atoms with Crippen LogP contribution in [-0.4, -0.2) is 216 Å². The number of alkyl halides is 3. The number of aryl methyl sites for hydroxylation is 1. The molecule has 1 saturated heterocycles. The predicted molar refractivity (Wildman–Crippen MR) is 347 cm³/mol. The van der Waals surface area contributed by atoms with E-state index in [4.69, 9.17) is 11.6 Å². The van der Waals surface area contributed by atoms with Gasteiger partial charge in [-0.3, -0.25) is 52.7 Å². The van der Waals surface area contributed by atoms with Crippen LogP contribution < -0.4 is 21.3 Å². The molecule has 1 heterocycles. The van der Waals surface area contributed by atoms with Crippen molar-refractivity contribution in [3.8, 4) is 0 Å². The van der Waals surface area contributed by atoms with Gasteiger partial charge in [0, 0.05) is 73.2 Å². The largest absolute Gasteiger partial charge is 0.416 e. The van der Waals surface area contributed by atoms with E-state index in [1.54, 1.807) is 38.1 Å². The van der Waals surface area contributed by atoms with E-state index in [9.17, 15) is 51.5 Å². The minimum atomic E-state index is -4.63. The quantitative estimate of drug-likeness (QED) is 0.189. The van der Waals surface area contributed by atoms with Crippen LogP contribution in [0.1, 0.15) is 143 Å². The Morgan fingerprint density at radius 2 is 1.03 bits per heavy atom. The highest BCUT2D eigenvalue weighted by molar-refractivity contribution is 6.30. The van der Waals surface area contributed by atoms with Crippen molar-refractivity contribution >= 4 is 76.6 Å². The maximum absolute atomic E-state index is 15.2. The second kappa shape index (κ2) is 34.7. The summed E-state index contributed by atoms with van der Waals surface area (Å²) in [7, 11) is 9.72. The zero-order valence-corrected chi connectivity index (χ0v) is 58.0. The van der Waals surface area contributed by atoms with Crippen molar-refractivity contribution in [3.63, 3.8) is 0 Å². The monoisotopic (exact) mass is 1330 g/mol. The molecule has 4 rings (SSSR count). The molecule has 93 heavy (non-hydrogen) atoms. The average molecular weight is 1330 g/mol. The molecule has 518 valence electrons. The lowest BCUT2D eigenvalue weighted by Gasteiger charge is -2.39. The summed E-state index contributed by atoms with van der Waals surface area (Å²) in [5.41, 5.74) is -1.48. The first-order chi connectivity index (χ1) is 43.3. The Labute approximate surface area is 552 Å². The fourth-order valence-corrected chi connectivity index (χ4v) is 11.9. The Hall–Kier alpha value is -7.31. The molecule has 1 aliphatic heterocycles. The highest BCUT2D eigenvalue weighted by atomic mass is 35.5. The van der Waals surface area contributed by atoms with Crippen molar-refractivity contribution in [3.05, 3.63) is 70.2 Å². The molecule has 11 amide bonds. The van der Waals surface area contributed by atoms with Gasteiger partial charge in [0.2, 0.25) is 65.0 Å². The van der Waals surface area contributed by atoms with Crippen molar-refractivity contribution in [2.75, 3.05) is 69.0 Å². The molecule has 4 N–H and O–H groups in total. The molecular formula is C67H101ClF3N11O11. The number of hydrogen-bond acceptors (Lipinski definition) is 11. The van der Waals surface area contributed by atoms with Gasteiger partial charge >= 0.3 is 6.18 Å². The SMILES string of the molecule is CC[C@H](C)[C@@H]1NC(=O)[C@H](CC(C)C)N(C)C(=O)C[C@@H](C)NC(=O)[C@H](CC(C)C)N(C)C(=O)C2(CCCC2)NC(=O)[C@H](CC(C)C)N(C)C(=O)[C@H](CCc2ccc(C(F)(F)F)cc2)NC(=O)CN(C)C(=O)[C@H](Cc2ccc(Cl)cc2)N(C)C(=O)CN(C)C(=O)CN(C)C1=O. The molecule has 2 aromatic carbocycles. The number of rotatable bonds is 13. The van der Waals surface area contributed by atoms with Gasteiger partial charge in [0.1, 0.15) is 41.8 Å². The van der Waals surface area contributed by atoms with Gasteiger partial charge in [0.05, 0.1) is 25.2 Å². The number of carbonyl (C=O) groups excluding carboxylic acids is 11. The van der Waals surface area contributed by atoms with Crippen molar-refractivity contribution in [2.45, 2.75) is 193 Å². The average Bonchev–Trinajstić information content (AvgIpc) is 1.78. The van der Waals surface area contributed by atoms with Crippen LogP contribution in [0.2, 0.25) is 5.02 Å². The van der Waals surface area contributed by atoms with Crippen molar-refractivity contribution in [1.82, 2.24) is 55.6 Å². The van der Waals surface area contributed by atoms with Crippen LogP contribution >= 0.6 is 11.6 Å². The number of amides is 11. The smallest absolute Gasteiger partial charge is 0.351 e. The van der Waals surface area contributed by atoms with Crippen LogP contribution in [0.4, 0.5) is 13.2 Å². The van der Waals surface area contributed by atoms with Crippen LogP contribution in [0.25, 0.3) is 0 Å². The molecule has 8 atom stereocenters. The van der Waals surface area contributed by atoms with E-state index < -0.39 is 150 Å². The van der Waals surface area contributed by atoms with E-state index in [-0.39, 0.29) is 75.5 Å². The van der Waals surface area contributed by atoms with E-state index >= 15 is 14.4 Å². The van der Waals surface area contributed by atoms with Gasteiger partial charge in [0.15, 0.2) is 0 Å². The topological polar surface area (TPSA) is 259 Å². The molecule has 26 heteroatoms. The molecule has 1 aliphatic carbocycles. The predicted octanol–water partition coefficient (Wildman–Crippen LogP) is 5.71. The summed E-state index contributed by atoms with van der Waals surface area (Å²) in [4.78, 5) is 168. The number of halogens is 4. The number of carbonyl (C=O) groups is 11. The first-order valence-corrected chi connectivity index (χ1v) is 32.6. The number of hydrogen-bond donors (Lipinski definition) is 4. The highest BCUT2D eigenvalue weighted by Crippen LogP contribution is 2.34. The Morgan fingerprint density at radius 3 is 1.56 bits per heavy atom. The molecule has 1 saturated carbocycles. The molecule has 1 spiro atoms. The van der Waals surface area contributed by atoms with Crippen LogP contribution in [0.15, 0.2) is 48.5 Å². The maximum Gasteiger partial charge on any atom is 0.416 e. The third kappa shape index (κ3) is 22.1. The Kier molecular flexibility index (Phi) is 29.2. The minimum Gasteiger partial charge on any atom is -0.351 e. The number of nitrogens with one attached hydrogen (secondary N) is 4. The van der Waals surface area contributed by atoms with Crippen molar-refractivity contribution < 1.29 is 65.9 Å². The van der Waals surface area contributed by atoms with Gasteiger partial charge in [-0.2, -0.15) is 13.2 Å². The standard InChI is InChI=1S/C67H101ClF3N11O11/c1-17-43(8)58-64(92)78(12)38-56(85)76(10)39-57(86)80(14)53(36-46-22-27-48(68)28-23-46)63(91)77(11)37-54(83)73-49(29-24-45-20-25-47(26-21-45)67(69,70)71)62(90)81(15)52(34-42(6)7)61(89)75-66(30-18-19-31-66)65(93)82(16)51(33-41(4)5)59(87)72-44(9)35-55(84)79(13)50(32-40(2)3)60(88)74-58/h20-23,25-28,40-44,49-53,58H,17-19,24,29-39H2,1-16H3,(H,72,87)(H,73,83)(H,74,88)(H,75,89)/t43-,44+,49-,50-,51-,52-,53-,58-/m0/s1. The zero-order valence-electron chi connectivity index (χ0n) is 57.2. The number of likely N-dealkylation sites (N-methyl/N-ethyl adjacent to an activating group) is 7. The van der Waals surface area contributed by atoms with Gasteiger partial charge in [-0.1, -0.05) is 111 Å². The Morgan fingerprint density at radius 1 is 0.548 bits per heavy atom. The second-order valence-corrected chi connectivity index (χ2v) is 27.3. The van der Waals surface area contributed by atoms with E-state index in [1.807, 2.05) is 48.5 Å². The molecular weight excluding hydrogens is 1230 g/mol. The normalized spacial score (nSPS) is 24.1. The minimum absolute atomic E-state index is 0.0329. The van der Waals surface area contributed by atoms with Gasteiger partial charge in [-0.25, -0.2) is 0 Å². The lowest BCUT2D eigenvalue weighted by molar-refractivity contribution is -0.149. The third-order valence-electron chi connectivity index (χ3n) is 17.8. The second-order valence-electron chi connectivity index (χ2n) is 26.9. The van der Waals surface area contributed by atoms with E-state index in [2.05, 4.69) is 21.3 Å². The van der Waals surface area contributed by atoms with Gasteiger partial charge in [-0.15, -0.1) is 0 Å². The van der Waals surface area contributed by atoms with E-state index in [0.29, 0.717) is 35.4 Å². The molecule has 0 bridgehead atoms. The zero-order chi connectivity index (χ0) is 70.1. The number of benzene rings is 2. The third-order valence-corrected chi connectivity index (χ3v) is 18.0. The summed E-state index contributed by atoms with van der Waals surface area (Å²) in [6.07, 6.45) is -2.91. The molecule has 0 unspecified atom stereocenters. The number of nitrogens with zero attached hydrogens (tertiary/aromatic N) is 7. The molecule has 2 aliphatic rings. The molecule has 2 aromatic rings. The van der Waals surface area contributed by atoms with Crippen LogP contribution in [-0.2, 0) is 71.8 Å². The summed E-state index contributed by atoms with van der Waals surface area (Å²) >= 11 is 6.22. The first-order valence-electron chi connectivity index (χ1n) is 32.2. The van der Waals surface area contributed by atoms with Crippen LogP contribution in [0.3, 0.4) is 0 Å². The Bertz CT molecular complexity index is 2940. The molecule has 0 radical (unpaired) electrons. The lowest BCUT2D eigenvalue weighted by Crippen LogP contribution is -2.64. The lowest BCUT2D eigenvalue weighted by atomic mass is 9.91. The molecule has 22 nitrogen and oxygen atoms in total. The van der Waals surface area contributed by atoms with E-state index in [0.717, 1.165) is 31.7 Å². The fourth-order valence-electron chi connectivity index (χ4n) is 11.8. The molecule has 2 fully saturated rings. The van der Waals surface area contributed by atoms with Gasteiger partial charge in [-0.05, 0) is 111 Å². The van der Waals surface area contributed by atoms with Crippen molar-refractivity contribution in [2.24, 2.45) is 23.7 Å². The molecule has 0 aromatic heterocycles. The summed E-state index contributed by atoms with van der Waals surface area (Å²) in [5, 5.41) is 11.9. The van der Waals surface area contributed by atoms with E-state index in [1.165, 1.54) is 76.2 Å². The maximum atomic E-state index is 15.2. The van der Waals surface area contributed by atoms with Crippen molar-refractivity contribution in [1.29, 1.82) is 0 Å². The summed E-state index contributed by atoms with van der Waals surface area (Å²) < 4.78 is 40.9. The summed E-state index contributed by atoms with van der Waals surface area (Å²) in [6.45, 7) is 14.6. The van der Waals surface area contributed by atoms with Crippen LogP contribution in [0.5, 0.6) is 0 Å². The Balaban J connectivity index is 1.86. The summed E-state index contributed by atoms with van der Waals surface area (Å²) in [6, 6.07) is 2.62. The summed E-state index contributed by atoms with van der Waals surface area (Å²) in [5.74, 6) is -8.24. The van der Waals surface area contributed by atoms with Crippen LogP contribution in [0, 0.1) is 23.7 Å². The highest BCUT2D eigenvalue weighted by Gasteiger charge is 2.48. The fraction of sp³-hybridized carbons (Fsp3) is 0.657.